The van der Waals surface area contributed by atoms with Crippen LogP contribution in [0.4, 0.5) is 0 Å². The molecule has 0 radical (unpaired) electrons. The number of hydrogen-bond acceptors (Lipinski definition) is 6. The van der Waals surface area contributed by atoms with E-state index in [0.29, 0.717) is 24.5 Å². The Labute approximate surface area is 189 Å². The molecular weight excluding hydrogens is 430 g/mol. The van der Waals surface area contributed by atoms with E-state index in [-0.39, 0.29) is 5.91 Å². The van der Waals surface area contributed by atoms with Crippen LogP contribution in [-0.2, 0) is 12.2 Å². The minimum absolute atomic E-state index is 0.203. The van der Waals surface area contributed by atoms with Gasteiger partial charge in [-0.05, 0) is 35.6 Å². The summed E-state index contributed by atoms with van der Waals surface area (Å²) in [4.78, 5) is 13.0. The zero-order valence-electron chi connectivity index (χ0n) is 17.3. The first-order valence-corrected chi connectivity index (χ1v) is 11.7. The molecule has 2 aromatic heterocycles. The molecule has 1 N–H and O–H groups in total. The average Bonchev–Trinajstić information content (AvgIpc) is 3.45. The number of furan rings is 1. The first-order valence-electron chi connectivity index (χ1n) is 9.85. The molecule has 0 atom stereocenters. The number of thiophene rings is 1. The summed E-state index contributed by atoms with van der Waals surface area (Å²) < 4.78 is 17.8. The molecule has 0 unspecified atom stereocenters. The highest BCUT2D eigenvalue weighted by atomic mass is 32.2. The number of carbonyl (C=O) groups is 1. The standard InChI is InChI=1S/C24H23NO4S2/c1-27-17-10-9-16(21(14-17)28-2)11-12-25-24(26)23-19(15-31-22-8-5-13-30-22)18-6-3-4-7-20(18)29-23/h3-10,13-14H,11-12,15H2,1-2H3,(H,25,26). The Bertz CT molecular complexity index is 1170. The van der Waals surface area contributed by atoms with E-state index in [4.69, 9.17) is 13.9 Å². The maximum absolute atomic E-state index is 13.0. The Morgan fingerprint density at radius 1 is 1.10 bits per heavy atom. The van der Waals surface area contributed by atoms with E-state index in [1.54, 1.807) is 37.3 Å². The van der Waals surface area contributed by atoms with Gasteiger partial charge in [-0.15, -0.1) is 23.1 Å². The van der Waals surface area contributed by atoms with Crippen molar-refractivity contribution in [2.24, 2.45) is 0 Å². The average molecular weight is 454 g/mol. The number of benzene rings is 2. The number of para-hydroxylation sites is 1. The molecule has 0 aliphatic heterocycles. The summed E-state index contributed by atoms with van der Waals surface area (Å²) in [5, 5.41) is 6.03. The van der Waals surface area contributed by atoms with Crippen LogP contribution in [0.15, 0.2) is 68.6 Å². The molecule has 0 bridgehead atoms. The number of amides is 1. The van der Waals surface area contributed by atoms with Gasteiger partial charge in [-0.25, -0.2) is 0 Å². The number of nitrogens with one attached hydrogen (secondary N) is 1. The molecule has 0 aliphatic rings. The van der Waals surface area contributed by atoms with Gasteiger partial charge >= 0.3 is 0 Å². The van der Waals surface area contributed by atoms with Crippen molar-refractivity contribution in [1.82, 2.24) is 5.32 Å². The van der Waals surface area contributed by atoms with Crippen molar-refractivity contribution in [3.63, 3.8) is 0 Å². The summed E-state index contributed by atoms with van der Waals surface area (Å²) in [5.74, 6) is 2.33. The monoisotopic (exact) mass is 453 g/mol. The summed E-state index contributed by atoms with van der Waals surface area (Å²) in [6, 6.07) is 17.6. The topological polar surface area (TPSA) is 60.7 Å². The van der Waals surface area contributed by atoms with Crippen molar-refractivity contribution >= 4 is 40.0 Å². The lowest BCUT2D eigenvalue weighted by atomic mass is 10.1. The largest absolute Gasteiger partial charge is 0.497 e. The molecule has 7 heteroatoms. The van der Waals surface area contributed by atoms with E-state index in [2.05, 4.69) is 16.8 Å². The van der Waals surface area contributed by atoms with E-state index >= 15 is 0 Å². The van der Waals surface area contributed by atoms with Crippen LogP contribution in [-0.4, -0.2) is 26.7 Å². The van der Waals surface area contributed by atoms with E-state index < -0.39 is 0 Å². The second kappa shape index (κ2) is 9.94. The van der Waals surface area contributed by atoms with Crippen molar-refractivity contribution in [3.05, 3.63) is 76.9 Å². The molecule has 31 heavy (non-hydrogen) atoms. The van der Waals surface area contributed by atoms with Gasteiger partial charge in [-0.1, -0.05) is 30.3 Å². The van der Waals surface area contributed by atoms with Gasteiger partial charge in [0.25, 0.3) is 5.91 Å². The van der Waals surface area contributed by atoms with Crippen LogP contribution in [0.1, 0.15) is 21.7 Å². The number of fused-ring (bicyclic) bond motifs is 1. The minimum atomic E-state index is -0.203. The Morgan fingerprint density at radius 3 is 2.74 bits per heavy atom. The van der Waals surface area contributed by atoms with E-state index in [1.165, 1.54) is 4.21 Å². The molecule has 160 valence electrons. The number of ether oxygens (including phenoxy) is 2. The van der Waals surface area contributed by atoms with Crippen molar-refractivity contribution < 1.29 is 18.7 Å². The van der Waals surface area contributed by atoms with Crippen LogP contribution < -0.4 is 14.8 Å². The third-order valence-corrected chi connectivity index (χ3v) is 7.09. The number of rotatable bonds is 9. The number of thioether (sulfide) groups is 1. The van der Waals surface area contributed by atoms with Gasteiger partial charge < -0.3 is 19.2 Å². The Hall–Kier alpha value is -2.90. The van der Waals surface area contributed by atoms with E-state index in [1.807, 2.05) is 48.5 Å². The minimum Gasteiger partial charge on any atom is -0.497 e. The Kier molecular flexibility index (Phi) is 6.84. The molecule has 0 aliphatic carbocycles. The summed E-state index contributed by atoms with van der Waals surface area (Å²) in [6.45, 7) is 0.468. The third kappa shape index (κ3) is 4.89. The summed E-state index contributed by atoms with van der Waals surface area (Å²) in [7, 11) is 3.25. The predicted octanol–water partition coefficient (Wildman–Crippen LogP) is 5.78. The Balaban J connectivity index is 1.48. The lowest BCUT2D eigenvalue weighted by Crippen LogP contribution is -2.26. The SMILES string of the molecule is COc1ccc(CCNC(=O)c2oc3ccccc3c2CSc2cccs2)c(OC)c1. The molecule has 2 aromatic carbocycles. The lowest BCUT2D eigenvalue weighted by Gasteiger charge is -2.11. The lowest BCUT2D eigenvalue weighted by molar-refractivity contribution is 0.0927. The molecule has 2 heterocycles. The maximum Gasteiger partial charge on any atom is 0.287 e. The van der Waals surface area contributed by atoms with Gasteiger partial charge in [-0.2, -0.15) is 0 Å². The first kappa shape index (κ1) is 21.3. The molecular formula is C24H23NO4S2. The molecule has 0 spiro atoms. The fourth-order valence-electron chi connectivity index (χ4n) is 3.36. The summed E-state index contributed by atoms with van der Waals surface area (Å²) >= 11 is 3.40. The van der Waals surface area contributed by atoms with Crippen LogP contribution in [0.25, 0.3) is 11.0 Å². The van der Waals surface area contributed by atoms with Crippen LogP contribution in [0.3, 0.4) is 0 Å². The first-order chi connectivity index (χ1) is 15.2. The molecule has 0 saturated heterocycles. The smallest absolute Gasteiger partial charge is 0.287 e. The van der Waals surface area contributed by atoms with Crippen LogP contribution in [0.5, 0.6) is 11.5 Å². The molecule has 4 rings (SSSR count). The van der Waals surface area contributed by atoms with Crippen LogP contribution in [0.2, 0.25) is 0 Å². The van der Waals surface area contributed by atoms with Gasteiger partial charge in [0.1, 0.15) is 17.1 Å². The van der Waals surface area contributed by atoms with Crippen molar-refractivity contribution in [2.75, 3.05) is 20.8 Å². The number of methoxy groups -OCH3 is 2. The van der Waals surface area contributed by atoms with Gasteiger partial charge in [0.15, 0.2) is 5.76 Å². The second-order valence-electron chi connectivity index (χ2n) is 6.81. The molecule has 0 saturated carbocycles. The summed E-state index contributed by atoms with van der Waals surface area (Å²) in [6.07, 6.45) is 0.637. The van der Waals surface area contributed by atoms with Gasteiger partial charge in [-0.3, -0.25) is 4.79 Å². The van der Waals surface area contributed by atoms with Gasteiger partial charge in [0.2, 0.25) is 0 Å². The zero-order valence-corrected chi connectivity index (χ0v) is 19.0. The highest BCUT2D eigenvalue weighted by Crippen LogP contribution is 2.33. The fraction of sp³-hybridized carbons (Fsp3) is 0.208. The van der Waals surface area contributed by atoms with E-state index in [0.717, 1.165) is 33.6 Å². The molecule has 1 amide bonds. The highest BCUT2D eigenvalue weighted by Gasteiger charge is 2.20. The van der Waals surface area contributed by atoms with Crippen LogP contribution >= 0.6 is 23.1 Å². The van der Waals surface area contributed by atoms with Crippen molar-refractivity contribution in [1.29, 1.82) is 0 Å². The fourth-order valence-corrected chi connectivity index (χ4v) is 5.18. The molecule has 4 aromatic rings. The Morgan fingerprint density at radius 2 is 1.97 bits per heavy atom. The molecule has 5 nitrogen and oxygen atoms in total. The van der Waals surface area contributed by atoms with Gasteiger partial charge in [0, 0.05) is 29.3 Å². The number of carbonyl (C=O) groups excluding carboxylic acids is 1. The molecule has 0 fully saturated rings. The number of hydrogen-bond donors (Lipinski definition) is 1. The summed E-state index contributed by atoms with van der Waals surface area (Å²) in [5.41, 5.74) is 2.65. The maximum atomic E-state index is 13.0. The van der Waals surface area contributed by atoms with Gasteiger partial charge in [0.05, 0.1) is 18.4 Å². The predicted molar refractivity (Wildman–Crippen MR) is 126 cm³/mol. The van der Waals surface area contributed by atoms with Crippen LogP contribution in [0, 0.1) is 0 Å². The normalized spacial score (nSPS) is 10.9. The third-order valence-electron chi connectivity index (χ3n) is 4.93. The highest BCUT2D eigenvalue weighted by molar-refractivity contribution is 8.00. The zero-order chi connectivity index (χ0) is 21.6. The van der Waals surface area contributed by atoms with Crippen molar-refractivity contribution in [2.45, 2.75) is 16.4 Å². The van der Waals surface area contributed by atoms with Crippen molar-refractivity contribution in [3.8, 4) is 11.5 Å². The van der Waals surface area contributed by atoms with E-state index in [9.17, 15) is 4.79 Å². The second-order valence-corrected chi connectivity index (χ2v) is 9.03. The quantitative estimate of drug-likeness (QED) is 0.326.